The van der Waals surface area contributed by atoms with E-state index < -0.39 is 17.6 Å². The second kappa shape index (κ2) is 4.81. The van der Waals surface area contributed by atoms with Crippen LogP contribution in [0.25, 0.3) is 11.3 Å². The van der Waals surface area contributed by atoms with Crippen molar-refractivity contribution in [3.05, 3.63) is 35.1 Å². The van der Waals surface area contributed by atoms with Gasteiger partial charge in [0.2, 0.25) is 5.88 Å². The third kappa shape index (κ3) is 2.35. The van der Waals surface area contributed by atoms with Crippen molar-refractivity contribution in [2.75, 3.05) is 5.73 Å². The van der Waals surface area contributed by atoms with Crippen LogP contribution in [-0.2, 0) is 6.18 Å². The average Bonchev–Trinajstić information content (AvgIpc) is 2.69. The maximum Gasteiger partial charge on any atom is 0.419 e. The van der Waals surface area contributed by atoms with Gasteiger partial charge in [0.25, 0.3) is 0 Å². The van der Waals surface area contributed by atoms with Crippen LogP contribution in [0.5, 0.6) is 0 Å². The third-order valence-corrected chi connectivity index (χ3v) is 2.89. The van der Waals surface area contributed by atoms with Gasteiger partial charge in [0.1, 0.15) is 11.5 Å². The fraction of sp³-hybridized carbons (Fsp3) is 0.308. The number of hydrogen-bond acceptors (Lipinski definition) is 3. The molecule has 1 aromatic carbocycles. The second-order valence-electron chi connectivity index (χ2n) is 4.63. The Morgan fingerprint density at radius 3 is 2.45 bits per heavy atom. The van der Waals surface area contributed by atoms with Crippen LogP contribution in [0.15, 0.2) is 22.7 Å². The van der Waals surface area contributed by atoms with Gasteiger partial charge in [-0.1, -0.05) is 25.1 Å². The molecule has 0 aliphatic heterocycles. The van der Waals surface area contributed by atoms with Gasteiger partial charge in [0.05, 0.1) is 5.56 Å². The molecule has 0 aliphatic rings. The van der Waals surface area contributed by atoms with E-state index >= 15 is 0 Å². The van der Waals surface area contributed by atoms with Gasteiger partial charge in [0, 0.05) is 11.1 Å². The number of aromatic nitrogens is 1. The van der Waals surface area contributed by atoms with Gasteiger partial charge in [-0.25, -0.2) is 4.39 Å². The first-order valence-electron chi connectivity index (χ1n) is 5.84. The molecule has 2 aromatic rings. The lowest BCUT2D eigenvalue weighted by molar-refractivity contribution is -0.139. The molecule has 0 amide bonds. The lowest BCUT2D eigenvalue weighted by Gasteiger charge is -2.11. The van der Waals surface area contributed by atoms with E-state index in [0.717, 1.165) is 6.07 Å². The highest BCUT2D eigenvalue weighted by atomic mass is 19.4. The molecule has 0 spiro atoms. The van der Waals surface area contributed by atoms with Gasteiger partial charge in [-0.05, 0) is 18.1 Å². The Balaban J connectivity index is 2.66. The van der Waals surface area contributed by atoms with Crippen molar-refractivity contribution in [3.63, 3.8) is 0 Å². The van der Waals surface area contributed by atoms with Crippen LogP contribution < -0.4 is 5.73 Å². The minimum Gasteiger partial charge on any atom is -0.367 e. The molecule has 1 heterocycles. The van der Waals surface area contributed by atoms with Crippen LogP contribution in [0.3, 0.4) is 0 Å². The Morgan fingerprint density at radius 2 is 1.90 bits per heavy atom. The maximum atomic E-state index is 14.1. The molecule has 2 rings (SSSR count). The number of nitrogens with two attached hydrogens (primary N) is 1. The number of benzene rings is 1. The van der Waals surface area contributed by atoms with Crippen molar-refractivity contribution < 1.29 is 22.1 Å². The van der Waals surface area contributed by atoms with E-state index in [1.165, 1.54) is 6.07 Å². The fourth-order valence-electron chi connectivity index (χ4n) is 2.00. The molecule has 7 heteroatoms. The third-order valence-electron chi connectivity index (χ3n) is 2.89. The van der Waals surface area contributed by atoms with Gasteiger partial charge in [-0.15, -0.1) is 0 Å². The Bertz CT molecular complexity index is 632. The van der Waals surface area contributed by atoms with Gasteiger partial charge in [-0.2, -0.15) is 13.2 Å². The molecule has 0 bridgehead atoms. The van der Waals surface area contributed by atoms with E-state index in [1.54, 1.807) is 13.8 Å². The van der Waals surface area contributed by atoms with Crippen LogP contribution in [0, 0.1) is 5.82 Å². The predicted molar refractivity (Wildman–Crippen MR) is 65.4 cm³/mol. The quantitative estimate of drug-likeness (QED) is 0.842. The summed E-state index contributed by atoms with van der Waals surface area (Å²) < 4.78 is 56.9. The molecule has 0 saturated carbocycles. The maximum absolute atomic E-state index is 14.1. The Hall–Kier alpha value is -2.05. The van der Waals surface area contributed by atoms with Gasteiger partial charge in [-0.3, -0.25) is 0 Å². The minimum absolute atomic E-state index is 0.00102. The zero-order chi connectivity index (χ0) is 15.1. The lowest BCUT2D eigenvalue weighted by atomic mass is 9.97. The second-order valence-corrected chi connectivity index (χ2v) is 4.63. The minimum atomic E-state index is -4.77. The van der Waals surface area contributed by atoms with Crippen molar-refractivity contribution in [2.45, 2.75) is 25.9 Å². The molecular weight excluding hydrogens is 276 g/mol. The molecule has 1 aromatic heterocycles. The highest BCUT2D eigenvalue weighted by molar-refractivity contribution is 5.69. The molecule has 20 heavy (non-hydrogen) atoms. The van der Waals surface area contributed by atoms with E-state index in [-0.39, 0.29) is 23.1 Å². The molecule has 108 valence electrons. The molecular formula is C13H12F4N2O. The van der Waals surface area contributed by atoms with Crippen molar-refractivity contribution in [1.82, 2.24) is 5.16 Å². The van der Waals surface area contributed by atoms with Crippen LogP contribution in [0.4, 0.5) is 23.4 Å². The zero-order valence-corrected chi connectivity index (χ0v) is 10.8. The molecule has 0 atom stereocenters. The Labute approximate surface area is 112 Å². The number of alkyl halides is 3. The number of anilines is 1. The largest absolute Gasteiger partial charge is 0.419 e. The van der Waals surface area contributed by atoms with Gasteiger partial charge >= 0.3 is 6.18 Å². The highest BCUT2D eigenvalue weighted by Gasteiger charge is 2.35. The summed E-state index contributed by atoms with van der Waals surface area (Å²) in [5.74, 6) is -1.56. The standard InChI is InChI=1S/C13H12F4N2O/c1-6(2)9-11(19-20-12(9)18)7-4-3-5-8(10(7)14)13(15,16)17/h3-6H,18H2,1-2H3. The SMILES string of the molecule is CC(C)c1c(-c2cccc(C(F)(F)F)c2F)noc1N. The molecule has 0 unspecified atom stereocenters. The first kappa shape index (κ1) is 14.4. The summed E-state index contributed by atoms with van der Waals surface area (Å²) in [7, 11) is 0. The smallest absolute Gasteiger partial charge is 0.367 e. The highest BCUT2D eigenvalue weighted by Crippen LogP contribution is 2.38. The summed E-state index contributed by atoms with van der Waals surface area (Å²) in [6.45, 7) is 3.52. The molecule has 0 saturated heterocycles. The lowest BCUT2D eigenvalue weighted by Crippen LogP contribution is -2.09. The molecule has 0 radical (unpaired) electrons. The van der Waals surface area contributed by atoms with E-state index in [9.17, 15) is 17.6 Å². The summed E-state index contributed by atoms with van der Waals surface area (Å²) in [5.41, 5.74) is 4.36. The van der Waals surface area contributed by atoms with Crippen LogP contribution in [-0.4, -0.2) is 5.16 Å². The van der Waals surface area contributed by atoms with E-state index in [1.807, 2.05) is 0 Å². The topological polar surface area (TPSA) is 52.0 Å². The summed E-state index contributed by atoms with van der Waals surface area (Å²) in [4.78, 5) is 0. The number of halogens is 4. The first-order chi connectivity index (χ1) is 9.23. The van der Waals surface area contributed by atoms with Crippen LogP contribution >= 0.6 is 0 Å². The molecule has 3 nitrogen and oxygen atoms in total. The van der Waals surface area contributed by atoms with Crippen molar-refractivity contribution in [2.24, 2.45) is 0 Å². The normalized spacial score (nSPS) is 12.2. The summed E-state index contributed by atoms with van der Waals surface area (Å²) in [6, 6.07) is 3.02. The first-order valence-corrected chi connectivity index (χ1v) is 5.84. The van der Waals surface area contributed by atoms with Gasteiger partial charge in [0.15, 0.2) is 0 Å². The number of rotatable bonds is 2. The average molecular weight is 288 g/mol. The number of nitrogen functional groups attached to an aromatic ring is 1. The van der Waals surface area contributed by atoms with E-state index in [0.29, 0.717) is 11.6 Å². The molecule has 0 fully saturated rings. The predicted octanol–water partition coefficient (Wildman–Crippen LogP) is 4.21. The zero-order valence-electron chi connectivity index (χ0n) is 10.8. The monoisotopic (exact) mass is 288 g/mol. The fourth-order valence-corrected chi connectivity index (χ4v) is 2.00. The Morgan fingerprint density at radius 1 is 1.25 bits per heavy atom. The number of nitrogens with zero attached hydrogens (tertiary/aromatic N) is 1. The Kier molecular flexibility index (Phi) is 3.45. The van der Waals surface area contributed by atoms with Crippen molar-refractivity contribution in [3.8, 4) is 11.3 Å². The van der Waals surface area contributed by atoms with E-state index in [2.05, 4.69) is 5.16 Å². The molecule has 0 aliphatic carbocycles. The summed E-state index contributed by atoms with van der Waals surface area (Å²) in [5, 5.41) is 3.58. The van der Waals surface area contributed by atoms with Crippen molar-refractivity contribution >= 4 is 5.88 Å². The van der Waals surface area contributed by atoms with Crippen LogP contribution in [0.2, 0.25) is 0 Å². The van der Waals surface area contributed by atoms with Gasteiger partial charge < -0.3 is 10.3 Å². The van der Waals surface area contributed by atoms with Crippen molar-refractivity contribution in [1.29, 1.82) is 0 Å². The van der Waals surface area contributed by atoms with Crippen LogP contribution in [0.1, 0.15) is 30.9 Å². The summed E-state index contributed by atoms with van der Waals surface area (Å²) in [6.07, 6.45) is -4.77. The molecule has 2 N–H and O–H groups in total. The van der Waals surface area contributed by atoms with E-state index in [4.69, 9.17) is 10.3 Å². The summed E-state index contributed by atoms with van der Waals surface area (Å²) >= 11 is 0. The number of hydrogen-bond donors (Lipinski definition) is 1.